The maximum Gasteiger partial charge on any atom is 0.00740 e. The summed E-state index contributed by atoms with van der Waals surface area (Å²) in [4.78, 5) is 2.59. The minimum absolute atomic E-state index is 0.366. The van der Waals surface area contributed by atoms with Crippen LogP contribution in [0.1, 0.15) is 59.8 Å². The van der Waals surface area contributed by atoms with E-state index >= 15 is 0 Å². The maximum atomic E-state index is 6.10. The average Bonchev–Trinajstić information content (AvgIpc) is 2.27. The van der Waals surface area contributed by atoms with Crippen LogP contribution in [0.2, 0.25) is 0 Å². The molecule has 0 amide bonds. The largest absolute Gasteiger partial charge is 0.327 e. The lowest BCUT2D eigenvalue weighted by Gasteiger charge is -2.24. The molecule has 0 spiro atoms. The highest BCUT2D eigenvalue weighted by atomic mass is 15.1. The van der Waals surface area contributed by atoms with Gasteiger partial charge in [0.15, 0.2) is 0 Å². The molecule has 0 radical (unpaired) electrons. The maximum absolute atomic E-state index is 6.10. The Bertz CT molecular complexity index is 138. The Kier molecular flexibility index (Phi) is 10.0. The van der Waals surface area contributed by atoms with Gasteiger partial charge in [0.05, 0.1) is 0 Å². The SMILES string of the molecule is CCCCN(CCCC)CC[C@H](N)C(C)C. The summed E-state index contributed by atoms with van der Waals surface area (Å²) in [7, 11) is 0. The molecule has 2 heteroatoms. The minimum Gasteiger partial charge on any atom is -0.327 e. The summed E-state index contributed by atoms with van der Waals surface area (Å²) in [6, 6.07) is 0.366. The van der Waals surface area contributed by atoms with Crippen LogP contribution in [0.5, 0.6) is 0 Å². The van der Waals surface area contributed by atoms with E-state index in [0.29, 0.717) is 12.0 Å². The molecule has 1 atom stereocenters. The van der Waals surface area contributed by atoms with Gasteiger partial charge in [0, 0.05) is 6.04 Å². The van der Waals surface area contributed by atoms with Crippen molar-refractivity contribution in [2.24, 2.45) is 11.7 Å². The van der Waals surface area contributed by atoms with E-state index < -0.39 is 0 Å². The van der Waals surface area contributed by atoms with Gasteiger partial charge in [0.2, 0.25) is 0 Å². The number of nitrogens with zero attached hydrogens (tertiary/aromatic N) is 1. The van der Waals surface area contributed by atoms with Crippen LogP contribution in [0.3, 0.4) is 0 Å². The van der Waals surface area contributed by atoms with Crippen molar-refractivity contribution in [3.05, 3.63) is 0 Å². The van der Waals surface area contributed by atoms with Crippen molar-refractivity contribution in [1.82, 2.24) is 4.90 Å². The second kappa shape index (κ2) is 10.1. The second-order valence-corrected chi connectivity index (χ2v) is 5.25. The fourth-order valence-corrected chi connectivity index (χ4v) is 1.76. The van der Waals surface area contributed by atoms with Gasteiger partial charge in [-0.2, -0.15) is 0 Å². The predicted molar refractivity (Wildman–Crippen MR) is 73.7 cm³/mol. The molecule has 2 nitrogen and oxygen atoms in total. The standard InChI is InChI=1S/C14H32N2/c1-5-7-10-16(11-8-6-2)12-9-14(15)13(3)4/h13-14H,5-12,15H2,1-4H3/t14-/m0/s1. The molecule has 0 bridgehead atoms. The van der Waals surface area contributed by atoms with Gasteiger partial charge in [-0.25, -0.2) is 0 Å². The Morgan fingerprint density at radius 2 is 1.44 bits per heavy atom. The molecule has 0 aliphatic rings. The second-order valence-electron chi connectivity index (χ2n) is 5.25. The van der Waals surface area contributed by atoms with Crippen LogP contribution in [-0.2, 0) is 0 Å². The monoisotopic (exact) mass is 228 g/mol. The Hall–Kier alpha value is -0.0800. The van der Waals surface area contributed by atoms with Gasteiger partial charge in [-0.15, -0.1) is 0 Å². The van der Waals surface area contributed by atoms with Crippen molar-refractivity contribution in [2.75, 3.05) is 19.6 Å². The predicted octanol–water partition coefficient (Wildman–Crippen LogP) is 3.26. The Balaban J connectivity index is 3.80. The highest BCUT2D eigenvalue weighted by Gasteiger charge is 2.10. The van der Waals surface area contributed by atoms with Gasteiger partial charge in [-0.1, -0.05) is 40.5 Å². The van der Waals surface area contributed by atoms with Gasteiger partial charge in [0.25, 0.3) is 0 Å². The minimum atomic E-state index is 0.366. The molecule has 0 aromatic heterocycles. The molecular formula is C14H32N2. The number of nitrogens with two attached hydrogens (primary N) is 1. The molecular weight excluding hydrogens is 196 g/mol. The molecule has 0 rings (SSSR count). The smallest absolute Gasteiger partial charge is 0.00740 e. The van der Waals surface area contributed by atoms with Crippen molar-refractivity contribution < 1.29 is 0 Å². The molecule has 0 aromatic carbocycles. The van der Waals surface area contributed by atoms with E-state index in [2.05, 4.69) is 32.6 Å². The van der Waals surface area contributed by atoms with E-state index in [4.69, 9.17) is 5.73 Å². The number of hydrogen-bond acceptors (Lipinski definition) is 2. The van der Waals surface area contributed by atoms with Crippen molar-refractivity contribution in [3.8, 4) is 0 Å². The van der Waals surface area contributed by atoms with Gasteiger partial charge >= 0.3 is 0 Å². The van der Waals surface area contributed by atoms with E-state index in [0.717, 1.165) is 6.42 Å². The first kappa shape index (κ1) is 15.9. The van der Waals surface area contributed by atoms with Crippen molar-refractivity contribution in [3.63, 3.8) is 0 Å². The van der Waals surface area contributed by atoms with Gasteiger partial charge < -0.3 is 10.6 Å². The summed E-state index contributed by atoms with van der Waals surface area (Å²) < 4.78 is 0. The third kappa shape index (κ3) is 8.12. The fourth-order valence-electron chi connectivity index (χ4n) is 1.76. The summed E-state index contributed by atoms with van der Waals surface area (Å²) in [6.07, 6.45) is 6.37. The zero-order valence-corrected chi connectivity index (χ0v) is 11.8. The van der Waals surface area contributed by atoms with Gasteiger partial charge in [-0.3, -0.25) is 0 Å². The van der Waals surface area contributed by atoms with E-state index in [9.17, 15) is 0 Å². The molecule has 0 unspecified atom stereocenters. The third-order valence-corrected chi connectivity index (χ3v) is 3.29. The summed E-state index contributed by atoms with van der Waals surface area (Å²) in [6.45, 7) is 12.6. The van der Waals surface area contributed by atoms with Crippen molar-refractivity contribution in [2.45, 2.75) is 65.8 Å². The number of rotatable bonds is 10. The van der Waals surface area contributed by atoms with Crippen molar-refractivity contribution in [1.29, 1.82) is 0 Å². The van der Waals surface area contributed by atoms with Gasteiger partial charge in [0.1, 0.15) is 0 Å². The summed E-state index contributed by atoms with van der Waals surface area (Å²) >= 11 is 0. The van der Waals surface area contributed by atoms with E-state index in [1.54, 1.807) is 0 Å². The fraction of sp³-hybridized carbons (Fsp3) is 1.00. The van der Waals surface area contributed by atoms with E-state index in [1.165, 1.54) is 45.3 Å². The van der Waals surface area contributed by atoms with Crippen molar-refractivity contribution >= 4 is 0 Å². The zero-order valence-electron chi connectivity index (χ0n) is 11.8. The highest BCUT2D eigenvalue weighted by molar-refractivity contribution is 4.68. The highest BCUT2D eigenvalue weighted by Crippen LogP contribution is 2.06. The molecule has 0 aromatic rings. The van der Waals surface area contributed by atoms with E-state index in [1.807, 2.05) is 0 Å². The van der Waals surface area contributed by atoms with Crippen LogP contribution in [0, 0.1) is 5.92 Å². The Morgan fingerprint density at radius 1 is 0.938 bits per heavy atom. The van der Waals surface area contributed by atoms with E-state index in [-0.39, 0.29) is 0 Å². The lowest BCUT2D eigenvalue weighted by molar-refractivity contribution is 0.247. The molecule has 98 valence electrons. The van der Waals surface area contributed by atoms with Crippen LogP contribution in [0.4, 0.5) is 0 Å². The van der Waals surface area contributed by atoms with Crippen LogP contribution < -0.4 is 5.73 Å². The molecule has 0 fully saturated rings. The average molecular weight is 228 g/mol. The lowest BCUT2D eigenvalue weighted by atomic mass is 10.0. The molecule has 0 saturated carbocycles. The summed E-state index contributed by atoms with van der Waals surface area (Å²) in [5, 5.41) is 0. The molecule has 0 aliphatic carbocycles. The van der Waals surface area contributed by atoms with Crippen LogP contribution in [0.25, 0.3) is 0 Å². The first-order valence-corrected chi connectivity index (χ1v) is 7.09. The molecule has 0 heterocycles. The first-order chi connectivity index (χ1) is 7.61. The Morgan fingerprint density at radius 3 is 1.81 bits per heavy atom. The first-order valence-electron chi connectivity index (χ1n) is 7.09. The van der Waals surface area contributed by atoms with Crippen LogP contribution in [-0.4, -0.2) is 30.6 Å². The summed E-state index contributed by atoms with van der Waals surface area (Å²) in [5.41, 5.74) is 6.10. The normalized spacial score (nSPS) is 13.7. The number of hydrogen-bond donors (Lipinski definition) is 1. The molecule has 16 heavy (non-hydrogen) atoms. The van der Waals surface area contributed by atoms with Crippen LogP contribution >= 0.6 is 0 Å². The number of unbranched alkanes of at least 4 members (excludes halogenated alkanes) is 2. The zero-order chi connectivity index (χ0) is 12.4. The summed E-state index contributed by atoms with van der Waals surface area (Å²) in [5.74, 6) is 0.610. The Labute approximate surface area is 103 Å². The molecule has 2 N–H and O–H groups in total. The topological polar surface area (TPSA) is 29.3 Å². The molecule has 0 saturated heterocycles. The lowest BCUT2D eigenvalue weighted by Crippen LogP contribution is -2.34. The van der Waals surface area contributed by atoms with Gasteiger partial charge in [-0.05, 0) is 44.8 Å². The third-order valence-electron chi connectivity index (χ3n) is 3.29. The molecule has 0 aliphatic heterocycles. The quantitative estimate of drug-likeness (QED) is 0.622. The van der Waals surface area contributed by atoms with Crippen LogP contribution in [0.15, 0.2) is 0 Å².